The van der Waals surface area contributed by atoms with Gasteiger partial charge in [-0.1, -0.05) is 61.5 Å². The first-order valence-electron chi connectivity index (χ1n) is 8.91. The maximum atomic E-state index is 13.0. The van der Waals surface area contributed by atoms with Crippen LogP contribution in [0.5, 0.6) is 0 Å². The normalized spacial score (nSPS) is 11.2. The van der Waals surface area contributed by atoms with E-state index in [1.54, 1.807) is 0 Å². The summed E-state index contributed by atoms with van der Waals surface area (Å²) in [6, 6.07) is 18.2. The van der Waals surface area contributed by atoms with Gasteiger partial charge < -0.3 is 9.73 Å². The molecular formula is C23H21NO2. The van der Waals surface area contributed by atoms with Crippen LogP contribution in [0.3, 0.4) is 0 Å². The number of anilines is 1. The molecule has 0 unspecified atom stereocenters. The quantitative estimate of drug-likeness (QED) is 0.494. The summed E-state index contributed by atoms with van der Waals surface area (Å²) in [4.78, 5) is 13.0. The monoisotopic (exact) mass is 343 g/mol. The van der Waals surface area contributed by atoms with Crippen LogP contribution in [-0.2, 0) is 6.42 Å². The Kier molecular flexibility index (Phi) is 4.00. The van der Waals surface area contributed by atoms with Crippen LogP contribution >= 0.6 is 0 Å². The van der Waals surface area contributed by atoms with E-state index < -0.39 is 0 Å². The highest BCUT2D eigenvalue weighted by Gasteiger charge is 2.20. The summed E-state index contributed by atoms with van der Waals surface area (Å²) in [6.07, 6.45) is 0.862. The summed E-state index contributed by atoms with van der Waals surface area (Å²) in [5, 5.41) is 6.17. The zero-order chi connectivity index (χ0) is 18.3. The van der Waals surface area contributed by atoms with E-state index in [0.717, 1.165) is 50.5 Å². The van der Waals surface area contributed by atoms with Gasteiger partial charge in [-0.3, -0.25) is 4.79 Å². The third kappa shape index (κ3) is 2.57. The van der Waals surface area contributed by atoms with Gasteiger partial charge >= 0.3 is 0 Å². The van der Waals surface area contributed by atoms with Gasteiger partial charge in [0.15, 0.2) is 5.76 Å². The molecule has 0 spiro atoms. The number of carbonyl (C=O) groups excluding carboxylic acids is 1. The summed E-state index contributed by atoms with van der Waals surface area (Å²) in [6.45, 7) is 6.03. The number of amides is 1. The second-order valence-corrected chi connectivity index (χ2v) is 6.64. The number of carbonyl (C=O) groups is 1. The molecule has 0 atom stereocenters. The molecule has 0 aliphatic rings. The van der Waals surface area contributed by atoms with E-state index in [1.807, 2.05) is 62.4 Å². The lowest BCUT2D eigenvalue weighted by Crippen LogP contribution is -2.14. The molecule has 0 saturated heterocycles. The standard InChI is InChI=1S/C23H21NO2/c1-4-16-10-7-8-14(2)20(16)24-23(25)21-15(3)18-13-12-17-9-5-6-11-19(17)22(18)26-21/h5-13H,4H2,1-3H3,(H,24,25). The number of hydrogen-bond donors (Lipinski definition) is 1. The third-order valence-electron chi connectivity index (χ3n) is 5.01. The molecule has 3 heteroatoms. The Bertz CT molecular complexity index is 1140. The average Bonchev–Trinajstić information content (AvgIpc) is 3.00. The molecule has 0 fully saturated rings. The average molecular weight is 343 g/mol. The van der Waals surface area contributed by atoms with Crippen molar-refractivity contribution in [1.29, 1.82) is 0 Å². The van der Waals surface area contributed by atoms with Crippen LogP contribution in [0, 0.1) is 13.8 Å². The van der Waals surface area contributed by atoms with Crippen molar-refractivity contribution in [2.75, 3.05) is 5.32 Å². The first kappa shape index (κ1) is 16.4. The Labute approximate surface area is 152 Å². The SMILES string of the molecule is CCc1cccc(C)c1NC(=O)c1oc2c(ccc3ccccc32)c1C. The van der Waals surface area contributed by atoms with E-state index in [9.17, 15) is 4.79 Å². The molecule has 1 aromatic heterocycles. The van der Waals surface area contributed by atoms with Crippen molar-refractivity contribution in [2.45, 2.75) is 27.2 Å². The van der Waals surface area contributed by atoms with Crippen molar-refractivity contribution < 1.29 is 9.21 Å². The smallest absolute Gasteiger partial charge is 0.291 e. The zero-order valence-electron chi connectivity index (χ0n) is 15.2. The summed E-state index contributed by atoms with van der Waals surface area (Å²) in [7, 11) is 0. The fourth-order valence-corrected chi connectivity index (χ4v) is 3.54. The second kappa shape index (κ2) is 6.34. The van der Waals surface area contributed by atoms with Crippen LogP contribution < -0.4 is 5.32 Å². The van der Waals surface area contributed by atoms with Crippen LogP contribution in [0.4, 0.5) is 5.69 Å². The molecule has 1 amide bonds. The van der Waals surface area contributed by atoms with Gasteiger partial charge in [-0.25, -0.2) is 0 Å². The minimum absolute atomic E-state index is 0.202. The van der Waals surface area contributed by atoms with E-state index in [-0.39, 0.29) is 5.91 Å². The first-order valence-corrected chi connectivity index (χ1v) is 8.91. The van der Waals surface area contributed by atoms with Gasteiger partial charge in [-0.05, 0) is 36.8 Å². The molecule has 130 valence electrons. The van der Waals surface area contributed by atoms with Crippen LogP contribution in [0.2, 0.25) is 0 Å². The number of nitrogens with one attached hydrogen (secondary N) is 1. The second-order valence-electron chi connectivity index (χ2n) is 6.64. The maximum absolute atomic E-state index is 13.0. The van der Waals surface area contributed by atoms with E-state index in [4.69, 9.17) is 4.42 Å². The lowest BCUT2D eigenvalue weighted by atomic mass is 10.0. The van der Waals surface area contributed by atoms with E-state index in [0.29, 0.717) is 5.76 Å². The molecule has 3 nitrogen and oxygen atoms in total. The molecule has 0 saturated carbocycles. The molecule has 3 aromatic carbocycles. The Morgan fingerprint density at radius 1 is 0.962 bits per heavy atom. The molecule has 0 aliphatic carbocycles. The van der Waals surface area contributed by atoms with Crippen LogP contribution in [0.15, 0.2) is 59.0 Å². The summed E-state index contributed by atoms with van der Waals surface area (Å²) in [5.74, 6) is 0.174. The molecule has 0 bridgehead atoms. The molecule has 1 N–H and O–H groups in total. The van der Waals surface area contributed by atoms with Crippen molar-refractivity contribution in [2.24, 2.45) is 0 Å². The maximum Gasteiger partial charge on any atom is 0.291 e. The topological polar surface area (TPSA) is 42.2 Å². The Balaban J connectivity index is 1.81. The molecule has 1 heterocycles. The summed E-state index contributed by atoms with van der Waals surface area (Å²) in [5.41, 5.74) is 4.69. The first-order chi connectivity index (χ1) is 12.6. The van der Waals surface area contributed by atoms with Gasteiger partial charge in [-0.2, -0.15) is 0 Å². The predicted octanol–water partition coefficient (Wildman–Crippen LogP) is 6.02. The van der Waals surface area contributed by atoms with Crippen molar-refractivity contribution in [1.82, 2.24) is 0 Å². The minimum Gasteiger partial charge on any atom is -0.450 e. The number of rotatable bonds is 3. The number of hydrogen-bond acceptors (Lipinski definition) is 2. The predicted molar refractivity (Wildman–Crippen MR) is 107 cm³/mol. The molecule has 0 aliphatic heterocycles. The molecular weight excluding hydrogens is 322 g/mol. The lowest BCUT2D eigenvalue weighted by Gasteiger charge is -2.12. The summed E-state index contributed by atoms with van der Waals surface area (Å²) >= 11 is 0. The zero-order valence-corrected chi connectivity index (χ0v) is 15.2. The highest BCUT2D eigenvalue weighted by atomic mass is 16.3. The molecule has 4 aromatic rings. The van der Waals surface area contributed by atoms with Crippen molar-refractivity contribution in [3.05, 3.63) is 77.0 Å². The van der Waals surface area contributed by atoms with E-state index >= 15 is 0 Å². The Morgan fingerprint density at radius 2 is 1.77 bits per heavy atom. The van der Waals surface area contributed by atoms with Gasteiger partial charge in [-0.15, -0.1) is 0 Å². The van der Waals surface area contributed by atoms with Gasteiger partial charge in [0.1, 0.15) is 5.58 Å². The largest absolute Gasteiger partial charge is 0.450 e. The molecule has 0 radical (unpaired) electrons. The van der Waals surface area contributed by atoms with Gasteiger partial charge in [0.05, 0.1) is 0 Å². The summed E-state index contributed by atoms with van der Waals surface area (Å²) < 4.78 is 6.05. The van der Waals surface area contributed by atoms with Crippen LogP contribution in [-0.4, -0.2) is 5.91 Å². The van der Waals surface area contributed by atoms with Gasteiger partial charge in [0, 0.05) is 22.0 Å². The Morgan fingerprint density at radius 3 is 2.58 bits per heavy atom. The third-order valence-corrected chi connectivity index (χ3v) is 5.01. The van der Waals surface area contributed by atoms with Crippen LogP contribution in [0.25, 0.3) is 21.7 Å². The number of furan rings is 1. The van der Waals surface area contributed by atoms with Gasteiger partial charge in [0.2, 0.25) is 0 Å². The van der Waals surface area contributed by atoms with Crippen molar-refractivity contribution in [3.8, 4) is 0 Å². The Hall–Kier alpha value is -3.07. The number of fused-ring (bicyclic) bond motifs is 3. The minimum atomic E-state index is -0.202. The van der Waals surface area contributed by atoms with E-state index in [2.05, 4.69) is 18.3 Å². The van der Waals surface area contributed by atoms with Crippen LogP contribution in [0.1, 0.15) is 34.2 Å². The van der Waals surface area contributed by atoms with Crippen molar-refractivity contribution in [3.63, 3.8) is 0 Å². The molecule has 4 rings (SSSR count). The number of para-hydroxylation sites is 1. The number of aryl methyl sites for hydroxylation is 3. The van der Waals surface area contributed by atoms with Gasteiger partial charge in [0.25, 0.3) is 5.91 Å². The fourth-order valence-electron chi connectivity index (χ4n) is 3.54. The fraction of sp³-hybridized carbons (Fsp3) is 0.174. The highest BCUT2D eigenvalue weighted by molar-refractivity contribution is 6.11. The number of benzene rings is 3. The van der Waals surface area contributed by atoms with E-state index in [1.165, 1.54) is 0 Å². The lowest BCUT2D eigenvalue weighted by molar-refractivity contribution is 0.0998. The van der Waals surface area contributed by atoms with Crippen molar-refractivity contribution >= 4 is 33.3 Å². The molecule has 26 heavy (non-hydrogen) atoms. The highest BCUT2D eigenvalue weighted by Crippen LogP contribution is 2.32.